The van der Waals surface area contributed by atoms with Crippen molar-refractivity contribution >= 4 is 5.91 Å². The number of hydrogen-bond acceptors (Lipinski definition) is 3. The second kappa shape index (κ2) is 6.52. The quantitative estimate of drug-likeness (QED) is 0.825. The van der Waals surface area contributed by atoms with Gasteiger partial charge in [-0.15, -0.1) is 0 Å². The number of benzene rings is 1. The largest absolute Gasteiger partial charge is 0.366 e. The maximum atomic E-state index is 11.7. The molecule has 1 aliphatic rings. The van der Waals surface area contributed by atoms with Crippen LogP contribution in [0.15, 0.2) is 30.3 Å². The number of aliphatic hydroxyl groups excluding tert-OH is 1. The van der Waals surface area contributed by atoms with Gasteiger partial charge in [-0.25, -0.2) is 0 Å². The number of amides is 1. The van der Waals surface area contributed by atoms with Gasteiger partial charge in [0.15, 0.2) is 6.29 Å². The predicted molar refractivity (Wildman–Crippen MR) is 67.9 cm³/mol. The van der Waals surface area contributed by atoms with Crippen LogP contribution < -0.4 is 5.32 Å². The SMILES string of the molecule is O=C(CCCc1ccccc1)N[C@@H]1CCOC1O. The van der Waals surface area contributed by atoms with Gasteiger partial charge in [-0.05, 0) is 24.8 Å². The van der Waals surface area contributed by atoms with Crippen LogP contribution in [0.25, 0.3) is 0 Å². The molecule has 1 aromatic carbocycles. The Morgan fingerprint density at radius 2 is 2.17 bits per heavy atom. The summed E-state index contributed by atoms with van der Waals surface area (Å²) in [6.07, 6.45) is 2.05. The number of ether oxygens (including phenoxy) is 1. The highest BCUT2D eigenvalue weighted by Gasteiger charge is 2.27. The van der Waals surface area contributed by atoms with E-state index >= 15 is 0 Å². The molecule has 18 heavy (non-hydrogen) atoms. The zero-order chi connectivity index (χ0) is 12.8. The summed E-state index contributed by atoms with van der Waals surface area (Å²) in [7, 11) is 0. The number of aliphatic hydroxyl groups is 1. The third-order valence-corrected chi connectivity index (χ3v) is 3.12. The lowest BCUT2D eigenvalue weighted by atomic mass is 10.1. The molecule has 0 aromatic heterocycles. The monoisotopic (exact) mass is 249 g/mol. The first-order valence-corrected chi connectivity index (χ1v) is 6.38. The highest BCUT2D eigenvalue weighted by molar-refractivity contribution is 5.76. The minimum atomic E-state index is -0.844. The summed E-state index contributed by atoms with van der Waals surface area (Å²) in [4.78, 5) is 11.7. The smallest absolute Gasteiger partial charge is 0.220 e. The fraction of sp³-hybridized carbons (Fsp3) is 0.500. The Labute approximate surface area is 107 Å². The highest BCUT2D eigenvalue weighted by Crippen LogP contribution is 2.11. The molecule has 1 fully saturated rings. The Hall–Kier alpha value is -1.39. The van der Waals surface area contributed by atoms with Gasteiger partial charge in [-0.1, -0.05) is 30.3 Å². The van der Waals surface area contributed by atoms with Crippen LogP contribution in [-0.4, -0.2) is 30.0 Å². The van der Waals surface area contributed by atoms with Gasteiger partial charge in [0.1, 0.15) is 0 Å². The van der Waals surface area contributed by atoms with Crippen LogP contribution >= 0.6 is 0 Å². The Balaban J connectivity index is 1.66. The van der Waals surface area contributed by atoms with E-state index in [1.165, 1.54) is 5.56 Å². The van der Waals surface area contributed by atoms with E-state index in [0.29, 0.717) is 19.4 Å². The van der Waals surface area contributed by atoms with E-state index in [-0.39, 0.29) is 11.9 Å². The molecule has 0 bridgehead atoms. The van der Waals surface area contributed by atoms with Crippen LogP contribution in [0.3, 0.4) is 0 Å². The lowest BCUT2D eigenvalue weighted by molar-refractivity contribution is -0.125. The minimum Gasteiger partial charge on any atom is -0.366 e. The molecule has 98 valence electrons. The predicted octanol–water partition coefficient (Wildman–Crippen LogP) is 1.23. The maximum Gasteiger partial charge on any atom is 0.220 e. The number of hydrogen-bond donors (Lipinski definition) is 2. The Morgan fingerprint density at radius 3 is 2.83 bits per heavy atom. The van der Waals surface area contributed by atoms with Gasteiger partial charge >= 0.3 is 0 Å². The summed E-state index contributed by atoms with van der Waals surface area (Å²) in [5.41, 5.74) is 1.24. The molecule has 1 aromatic rings. The van der Waals surface area contributed by atoms with Gasteiger partial charge < -0.3 is 15.2 Å². The van der Waals surface area contributed by atoms with Gasteiger partial charge in [0.2, 0.25) is 5.91 Å². The number of rotatable bonds is 5. The fourth-order valence-corrected chi connectivity index (χ4v) is 2.09. The standard InChI is InChI=1S/C14H19NO3/c16-13(15-12-9-10-18-14(12)17)8-4-7-11-5-2-1-3-6-11/h1-3,5-6,12,14,17H,4,7-10H2,(H,15,16)/t12-,14?/m1/s1. The summed E-state index contributed by atoms with van der Waals surface area (Å²) in [5.74, 6) is -0.0134. The van der Waals surface area contributed by atoms with E-state index in [9.17, 15) is 9.90 Å². The molecule has 1 heterocycles. The molecular weight excluding hydrogens is 230 g/mol. The van der Waals surface area contributed by atoms with Gasteiger partial charge in [-0.2, -0.15) is 0 Å². The zero-order valence-electron chi connectivity index (χ0n) is 10.3. The number of carbonyl (C=O) groups is 1. The maximum absolute atomic E-state index is 11.7. The van der Waals surface area contributed by atoms with E-state index in [1.807, 2.05) is 18.2 Å². The van der Waals surface area contributed by atoms with Gasteiger partial charge in [0.05, 0.1) is 12.6 Å². The molecule has 0 radical (unpaired) electrons. The Kier molecular flexibility index (Phi) is 4.73. The van der Waals surface area contributed by atoms with E-state index in [2.05, 4.69) is 17.4 Å². The molecule has 2 N–H and O–H groups in total. The normalized spacial score (nSPS) is 22.9. The fourth-order valence-electron chi connectivity index (χ4n) is 2.09. The number of nitrogens with one attached hydrogen (secondary N) is 1. The van der Waals surface area contributed by atoms with E-state index < -0.39 is 6.29 Å². The molecule has 2 rings (SSSR count). The van der Waals surface area contributed by atoms with Crippen molar-refractivity contribution in [3.05, 3.63) is 35.9 Å². The van der Waals surface area contributed by atoms with Crippen molar-refractivity contribution < 1.29 is 14.6 Å². The summed E-state index contributed by atoms with van der Waals surface area (Å²) in [6.45, 7) is 0.510. The molecule has 1 unspecified atom stereocenters. The first-order valence-electron chi connectivity index (χ1n) is 6.38. The Morgan fingerprint density at radius 1 is 1.39 bits per heavy atom. The summed E-state index contributed by atoms with van der Waals surface area (Å²) >= 11 is 0. The summed E-state index contributed by atoms with van der Waals surface area (Å²) in [5, 5.41) is 12.2. The van der Waals surface area contributed by atoms with Crippen molar-refractivity contribution in [1.29, 1.82) is 0 Å². The highest BCUT2D eigenvalue weighted by atomic mass is 16.6. The Bertz CT molecular complexity index is 380. The van der Waals surface area contributed by atoms with Gasteiger partial charge in [0, 0.05) is 6.42 Å². The molecule has 4 heteroatoms. The van der Waals surface area contributed by atoms with Crippen molar-refractivity contribution in [2.75, 3.05) is 6.61 Å². The second-order valence-electron chi connectivity index (χ2n) is 4.56. The summed E-state index contributed by atoms with van der Waals surface area (Å²) < 4.78 is 4.98. The van der Waals surface area contributed by atoms with Crippen molar-refractivity contribution in [3.63, 3.8) is 0 Å². The molecule has 1 saturated heterocycles. The lowest BCUT2D eigenvalue weighted by Crippen LogP contribution is -2.40. The molecule has 2 atom stereocenters. The van der Waals surface area contributed by atoms with Gasteiger partial charge in [-0.3, -0.25) is 4.79 Å². The molecule has 0 aliphatic carbocycles. The average molecular weight is 249 g/mol. The molecule has 0 saturated carbocycles. The van der Waals surface area contributed by atoms with E-state index in [1.54, 1.807) is 0 Å². The van der Waals surface area contributed by atoms with Crippen molar-refractivity contribution in [2.45, 2.75) is 38.0 Å². The van der Waals surface area contributed by atoms with Crippen molar-refractivity contribution in [2.24, 2.45) is 0 Å². The van der Waals surface area contributed by atoms with Crippen LogP contribution in [0, 0.1) is 0 Å². The molecular formula is C14H19NO3. The van der Waals surface area contributed by atoms with Crippen LogP contribution in [0.5, 0.6) is 0 Å². The molecule has 1 amide bonds. The van der Waals surface area contributed by atoms with Crippen LogP contribution in [0.1, 0.15) is 24.8 Å². The number of carbonyl (C=O) groups excluding carboxylic acids is 1. The van der Waals surface area contributed by atoms with E-state index in [4.69, 9.17) is 4.74 Å². The van der Waals surface area contributed by atoms with Crippen LogP contribution in [0.4, 0.5) is 0 Å². The topological polar surface area (TPSA) is 58.6 Å². The third kappa shape index (κ3) is 3.82. The average Bonchev–Trinajstić information content (AvgIpc) is 2.76. The third-order valence-electron chi connectivity index (χ3n) is 3.12. The molecule has 1 aliphatic heterocycles. The summed E-state index contributed by atoms with van der Waals surface area (Å²) in [6, 6.07) is 9.87. The zero-order valence-corrected chi connectivity index (χ0v) is 10.3. The van der Waals surface area contributed by atoms with Crippen molar-refractivity contribution in [1.82, 2.24) is 5.32 Å². The van der Waals surface area contributed by atoms with Crippen molar-refractivity contribution in [3.8, 4) is 0 Å². The number of aryl methyl sites for hydroxylation is 1. The lowest BCUT2D eigenvalue weighted by Gasteiger charge is -2.14. The second-order valence-corrected chi connectivity index (χ2v) is 4.56. The van der Waals surface area contributed by atoms with Gasteiger partial charge in [0.25, 0.3) is 0 Å². The minimum absolute atomic E-state index is 0.0134. The molecule has 4 nitrogen and oxygen atoms in total. The molecule has 0 spiro atoms. The van der Waals surface area contributed by atoms with Crippen LogP contribution in [0.2, 0.25) is 0 Å². The van der Waals surface area contributed by atoms with Crippen LogP contribution in [-0.2, 0) is 16.0 Å². The van der Waals surface area contributed by atoms with E-state index in [0.717, 1.165) is 12.8 Å². The first kappa shape index (κ1) is 13.1. The first-order chi connectivity index (χ1) is 8.75.